The van der Waals surface area contributed by atoms with E-state index in [4.69, 9.17) is 0 Å². The van der Waals surface area contributed by atoms with E-state index in [9.17, 15) is 9.59 Å². The number of likely N-dealkylation sites (N-methyl/N-ethyl adjacent to an activating group) is 1. The number of para-hydroxylation sites is 2. The summed E-state index contributed by atoms with van der Waals surface area (Å²) in [7, 11) is 1.91. The number of nitrogens with one attached hydrogen (secondary N) is 1. The Morgan fingerprint density at radius 1 is 1.19 bits per heavy atom. The Bertz CT molecular complexity index is 809. The maximum atomic E-state index is 12.5. The molecule has 2 amide bonds. The first-order valence-electron chi connectivity index (χ1n) is 8.66. The first kappa shape index (κ1) is 18.6. The highest BCUT2D eigenvalue weighted by Crippen LogP contribution is 2.29. The van der Waals surface area contributed by atoms with Crippen LogP contribution in [-0.4, -0.2) is 36.9 Å². The summed E-state index contributed by atoms with van der Waals surface area (Å²) in [6, 6.07) is 15.4. The summed E-state index contributed by atoms with van der Waals surface area (Å²) in [5.41, 5.74) is 2.59. The van der Waals surface area contributed by atoms with Gasteiger partial charge in [-0.1, -0.05) is 46.3 Å². The van der Waals surface area contributed by atoms with Crippen LogP contribution in [0.5, 0.6) is 0 Å². The van der Waals surface area contributed by atoms with Gasteiger partial charge in [-0.2, -0.15) is 0 Å². The molecule has 2 aromatic carbocycles. The lowest BCUT2D eigenvalue weighted by molar-refractivity contribution is -0.118. The zero-order valence-electron chi connectivity index (χ0n) is 14.7. The topological polar surface area (TPSA) is 52.7 Å². The van der Waals surface area contributed by atoms with Gasteiger partial charge in [-0.15, -0.1) is 0 Å². The summed E-state index contributed by atoms with van der Waals surface area (Å²) in [6.45, 7) is 1.64. The largest absolute Gasteiger partial charge is 0.323 e. The van der Waals surface area contributed by atoms with Gasteiger partial charge in [-0.3, -0.25) is 14.5 Å². The minimum absolute atomic E-state index is 0.0985. The maximum absolute atomic E-state index is 12.5. The van der Waals surface area contributed by atoms with Gasteiger partial charge >= 0.3 is 0 Å². The lowest BCUT2D eigenvalue weighted by Gasteiger charge is -2.21. The molecule has 1 N–H and O–H groups in total. The zero-order chi connectivity index (χ0) is 18.5. The molecular weight excluding hydrogens is 394 g/mol. The number of hydrogen-bond donors (Lipinski definition) is 1. The number of anilines is 2. The van der Waals surface area contributed by atoms with E-state index in [0.717, 1.165) is 22.1 Å². The summed E-state index contributed by atoms with van der Waals surface area (Å²) < 4.78 is 1.03. The van der Waals surface area contributed by atoms with Crippen molar-refractivity contribution in [2.24, 2.45) is 0 Å². The number of rotatable bonds is 6. The third kappa shape index (κ3) is 4.51. The van der Waals surface area contributed by atoms with Crippen LogP contribution in [0.2, 0.25) is 0 Å². The summed E-state index contributed by atoms with van der Waals surface area (Å²) in [5.74, 6) is 0.0106. The molecule has 0 bridgehead atoms. The van der Waals surface area contributed by atoms with Gasteiger partial charge in [0, 0.05) is 24.0 Å². The van der Waals surface area contributed by atoms with Crippen molar-refractivity contribution in [3.63, 3.8) is 0 Å². The third-order valence-corrected chi connectivity index (χ3v) is 5.13. The molecule has 0 unspecified atom stereocenters. The zero-order valence-corrected chi connectivity index (χ0v) is 16.3. The molecule has 2 aromatic rings. The van der Waals surface area contributed by atoms with E-state index in [-0.39, 0.29) is 18.4 Å². The first-order chi connectivity index (χ1) is 12.5. The Morgan fingerprint density at radius 3 is 2.65 bits per heavy atom. The second-order valence-electron chi connectivity index (χ2n) is 6.48. The molecule has 136 valence electrons. The summed E-state index contributed by atoms with van der Waals surface area (Å²) in [5, 5.41) is 2.95. The van der Waals surface area contributed by atoms with Crippen LogP contribution in [0.25, 0.3) is 0 Å². The summed E-state index contributed by atoms with van der Waals surface area (Å²) >= 11 is 3.53. The van der Waals surface area contributed by atoms with E-state index in [1.54, 1.807) is 4.90 Å². The van der Waals surface area contributed by atoms with Crippen LogP contribution in [-0.2, 0) is 16.1 Å². The Morgan fingerprint density at radius 2 is 1.92 bits per heavy atom. The van der Waals surface area contributed by atoms with Gasteiger partial charge < -0.3 is 10.2 Å². The van der Waals surface area contributed by atoms with Gasteiger partial charge in [-0.05, 0) is 37.2 Å². The van der Waals surface area contributed by atoms with Crippen LogP contribution in [0.1, 0.15) is 18.4 Å². The van der Waals surface area contributed by atoms with E-state index in [1.807, 2.05) is 60.5 Å². The summed E-state index contributed by atoms with van der Waals surface area (Å²) in [4.78, 5) is 28.2. The molecule has 26 heavy (non-hydrogen) atoms. The second kappa shape index (κ2) is 8.47. The van der Waals surface area contributed by atoms with Crippen LogP contribution in [0.3, 0.4) is 0 Å². The van der Waals surface area contributed by atoms with Crippen molar-refractivity contribution in [3.05, 3.63) is 58.6 Å². The molecule has 0 saturated carbocycles. The smallest absolute Gasteiger partial charge is 0.238 e. The molecular formula is C20H22BrN3O2. The van der Waals surface area contributed by atoms with Crippen LogP contribution in [0.15, 0.2) is 53.0 Å². The van der Waals surface area contributed by atoms with Crippen LogP contribution in [0, 0.1) is 0 Å². The van der Waals surface area contributed by atoms with Gasteiger partial charge in [0.15, 0.2) is 0 Å². The fourth-order valence-corrected chi connectivity index (χ4v) is 3.54. The van der Waals surface area contributed by atoms with E-state index in [0.29, 0.717) is 25.2 Å². The fourth-order valence-electron chi connectivity index (χ4n) is 3.13. The Labute approximate surface area is 162 Å². The SMILES string of the molecule is CN(CC(=O)Nc1ccccc1N1CCCC1=O)Cc1ccccc1Br. The van der Waals surface area contributed by atoms with Crippen LogP contribution >= 0.6 is 15.9 Å². The third-order valence-electron chi connectivity index (χ3n) is 4.35. The molecule has 0 aliphatic carbocycles. The number of halogens is 1. The number of nitrogens with zero attached hydrogens (tertiary/aromatic N) is 2. The van der Waals surface area contributed by atoms with Gasteiger partial charge in [0.2, 0.25) is 11.8 Å². The van der Waals surface area contributed by atoms with E-state index in [2.05, 4.69) is 21.2 Å². The van der Waals surface area contributed by atoms with Crippen molar-refractivity contribution in [1.82, 2.24) is 4.90 Å². The molecule has 1 saturated heterocycles. The van der Waals surface area contributed by atoms with Crippen molar-refractivity contribution in [2.75, 3.05) is 30.4 Å². The van der Waals surface area contributed by atoms with Gasteiger partial charge in [0.25, 0.3) is 0 Å². The highest BCUT2D eigenvalue weighted by molar-refractivity contribution is 9.10. The van der Waals surface area contributed by atoms with Gasteiger partial charge in [0.1, 0.15) is 0 Å². The standard InChI is InChI=1S/C20H22BrN3O2/c1-23(13-15-7-2-3-8-16(15)21)14-19(25)22-17-9-4-5-10-18(17)24-12-6-11-20(24)26/h2-5,7-10H,6,11-14H2,1H3,(H,22,25). The lowest BCUT2D eigenvalue weighted by Crippen LogP contribution is -2.31. The van der Waals surface area contributed by atoms with Crippen molar-refractivity contribution < 1.29 is 9.59 Å². The van der Waals surface area contributed by atoms with Crippen LogP contribution in [0.4, 0.5) is 11.4 Å². The molecule has 1 aliphatic rings. The average Bonchev–Trinajstić information content (AvgIpc) is 3.03. The molecule has 5 nitrogen and oxygen atoms in total. The normalized spacial score (nSPS) is 14.1. The number of amides is 2. The molecule has 6 heteroatoms. The van der Waals surface area contributed by atoms with E-state index >= 15 is 0 Å². The Hall–Kier alpha value is -2.18. The second-order valence-corrected chi connectivity index (χ2v) is 7.33. The highest BCUT2D eigenvalue weighted by atomic mass is 79.9. The number of carbonyl (C=O) groups is 2. The monoisotopic (exact) mass is 415 g/mol. The number of benzene rings is 2. The number of hydrogen-bond acceptors (Lipinski definition) is 3. The molecule has 3 rings (SSSR count). The molecule has 0 atom stereocenters. The van der Waals surface area contributed by atoms with Gasteiger partial charge in [0.05, 0.1) is 17.9 Å². The lowest BCUT2D eigenvalue weighted by atomic mass is 10.2. The van der Waals surface area contributed by atoms with E-state index in [1.165, 1.54) is 0 Å². The van der Waals surface area contributed by atoms with Crippen molar-refractivity contribution >= 4 is 39.1 Å². The fraction of sp³-hybridized carbons (Fsp3) is 0.300. The molecule has 0 spiro atoms. The Balaban J connectivity index is 1.63. The molecule has 0 aromatic heterocycles. The van der Waals surface area contributed by atoms with E-state index < -0.39 is 0 Å². The van der Waals surface area contributed by atoms with Crippen LogP contribution < -0.4 is 10.2 Å². The summed E-state index contributed by atoms with van der Waals surface area (Å²) in [6.07, 6.45) is 1.42. The predicted molar refractivity (Wildman–Crippen MR) is 107 cm³/mol. The quantitative estimate of drug-likeness (QED) is 0.783. The molecule has 0 radical (unpaired) electrons. The number of carbonyl (C=O) groups excluding carboxylic acids is 2. The average molecular weight is 416 g/mol. The minimum Gasteiger partial charge on any atom is -0.323 e. The molecule has 1 fully saturated rings. The predicted octanol–water partition coefficient (Wildman–Crippen LogP) is 3.65. The molecule has 1 aliphatic heterocycles. The minimum atomic E-state index is -0.0985. The van der Waals surface area contributed by atoms with Crippen molar-refractivity contribution in [2.45, 2.75) is 19.4 Å². The van der Waals surface area contributed by atoms with Gasteiger partial charge in [-0.25, -0.2) is 0 Å². The first-order valence-corrected chi connectivity index (χ1v) is 9.45. The molecule has 1 heterocycles. The Kier molecular flexibility index (Phi) is 6.06. The maximum Gasteiger partial charge on any atom is 0.238 e. The van der Waals surface area contributed by atoms with Crippen molar-refractivity contribution in [1.29, 1.82) is 0 Å². The van der Waals surface area contributed by atoms with Crippen molar-refractivity contribution in [3.8, 4) is 0 Å². The highest BCUT2D eigenvalue weighted by Gasteiger charge is 2.24.